The van der Waals surface area contributed by atoms with Crippen molar-refractivity contribution >= 4 is 5.91 Å². The van der Waals surface area contributed by atoms with Gasteiger partial charge in [-0.25, -0.2) is 0 Å². The molecule has 0 atom stereocenters. The largest absolute Gasteiger partial charge is 0.383 e. The lowest BCUT2D eigenvalue weighted by molar-refractivity contribution is 0.0676. The second-order valence-corrected chi connectivity index (χ2v) is 7.20. The quantitative estimate of drug-likeness (QED) is 0.582. The molecule has 1 heterocycles. The zero-order valence-electron chi connectivity index (χ0n) is 16.9. The number of carbonyl (C=O) groups excluding carboxylic acids is 1. The molecule has 3 aromatic rings. The van der Waals surface area contributed by atoms with Crippen LogP contribution in [0.25, 0.3) is 0 Å². The van der Waals surface area contributed by atoms with Crippen molar-refractivity contribution in [1.29, 1.82) is 0 Å². The van der Waals surface area contributed by atoms with E-state index in [0.717, 1.165) is 17.8 Å². The number of benzene rings is 2. The average molecular weight is 377 g/mol. The van der Waals surface area contributed by atoms with Crippen molar-refractivity contribution in [3.63, 3.8) is 0 Å². The summed E-state index contributed by atoms with van der Waals surface area (Å²) in [5.41, 5.74) is 5.46. The van der Waals surface area contributed by atoms with Crippen molar-refractivity contribution in [1.82, 2.24) is 9.47 Å². The molecule has 146 valence electrons. The standard InChI is InChI=1S/C24H28N2O2/c1-19-6-10-21(11-7-19)17-25-14-4-5-23(25)18-26(15-16-28-3)24(27)22-12-8-20(2)9-13-22/h4-14H,15-18H2,1-3H3. The summed E-state index contributed by atoms with van der Waals surface area (Å²) in [4.78, 5) is 14.9. The molecule has 0 N–H and O–H groups in total. The van der Waals surface area contributed by atoms with Gasteiger partial charge in [-0.3, -0.25) is 4.79 Å². The van der Waals surface area contributed by atoms with Gasteiger partial charge in [-0.1, -0.05) is 47.5 Å². The average Bonchev–Trinajstić information content (AvgIpc) is 3.13. The molecule has 0 aliphatic heterocycles. The first-order chi connectivity index (χ1) is 13.6. The van der Waals surface area contributed by atoms with Crippen LogP contribution in [0.4, 0.5) is 0 Å². The van der Waals surface area contributed by atoms with Crippen LogP contribution in [0.5, 0.6) is 0 Å². The lowest BCUT2D eigenvalue weighted by Gasteiger charge is -2.23. The Labute approximate surface area is 167 Å². The number of aromatic nitrogens is 1. The van der Waals surface area contributed by atoms with Gasteiger partial charge in [-0.2, -0.15) is 0 Å². The minimum absolute atomic E-state index is 0.0279. The molecule has 0 saturated heterocycles. The molecule has 0 unspecified atom stereocenters. The summed E-state index contributed by atoms with van der Waals surface area (Å²) in [6, 6.07) is 20.4. The second kappa shape index (κ2) is 9.38. The summed E-state index contributed by atoms with van der Waals surface area (Å²) >= 11 is 0. The number of ether oxygens (including phenoxy) is 1. The normalized spacial score (nSPS) is 10.8. The van der Waals surface area contributed by atoms with Crippen LogP contribution in [0.15, 0.2) is 66.9 Å². The van der Waals surface area contributed by atoms with Crippen molar-refractivity contribution in [3.05, 3.63) is 94.8 Å². The van der Waals surface area contributed by atoms with E-state index in [4.69, 9.17) is 4.74 Å². The van der Waals surface area contributed by atoms with Crippen LogP contribution >= 0.6 is 0 Å². The van der Waals surface area contributed by atoms with Crippen LogP contribution in [0, 0.1) is 13.8 Å². The topological polar surface area (TPSA) is 34.5 Å². The summed E-state index contributed by atoms with van der Waals surface area (Å²) in [6.45, 7) is 6.52. The number of aryl methyl sites for hydroxylation is 2. The molecule has 0 aliphatic carbocycles. The van der Waals surface area contributed by atoms with Crippen LogP contribution in [-0.4, -0.2) is 35.6 Å². The summed E-state index contributed by atoms with van der Waals surface area (Å²) in [7, 11) is 1.66. The molecular weight excluding hydrogens is 348 g/mol. The molecule has 4 nitrogen and oxygen atoms in total. The number of methoxy groups -OCH3 is 1. The minimum Gasteiger partial charge on any atom is -0.383 e. The maximum atomic E-state index is 13.1. The Morgan fingerprint density at radius 3 is 2.25 bits per heavy atom. The molecule has 0 saturated carbocycles. The van der Waals surface area contributed by atoms with Crippen molar-refractivity contribution in [2.45, 2.75) is 26.9 Å². The van der Waals surface area contributed by atoms with E-state index in [1.54, 1.807) is 7.11 Å². The van der Waals surface area contributed by atoms with Crippen molar-refractivity contribution < 1.29 is 9.53 Å². The molecule has 0 spiro atoms. The third-order valence-corrected chi connectivity index (χ3v) is 4.90. The Balaban J connectivity index is 1.77. The first-order valence-electron chi connectivity index (χ1n) is 9.61. The Kier molecular flexibility index (Phi) is 6.66. The number of amides is 1. The third kappa shape index (κ3) is 5.11. The predicted molar refractivity (Wildman–Crippen MR) is 113 cm³/mol. The van der Waals surface area contributed by atoms with Gasteiger partial charge in [0.15, 0.2) is 0 Å². The van der Waals surface area contributed by atoms with Gasteiger partial charge in [0, 0.05) is 37.7 Å². The van der Waals surface area contributed by atoms with Gasteiger partial charge in [-0.15, -0.1) is 0 Å². The summed E-state index contributed by atoms with van der Waals surface area (Å²) < 4.78 is 7.43. The molecule has 1 aromatic heterocycles. The van der Waals surface area contributed by atoms with Crippen LogP contribution in [-0.2, 0) is 17.8 Å². The van der Waals surface area contributed by atoms with Gasteiger partial charge < -0.3 is 14.2 Å². The fourth-order valence-corrected chi connectivity index (χ4v) is 3.17. The Morgan fingerprint density at radius 2 is 1.61 bits per heavy atom. The molecule has 4 heteroatoms. The molecule has 3 rings (SSSR count). The highest BCUT2D eigenvalue weighted by molar-refractivity contribution is 5.94. The van der Waals surface area contributed by atoms with Crippen LogP contribution in [0.2, 0.25) is 0 Å². The summed E-state index contributed by atoms with van der Waals surface area (Å²) in [5, 5.41) is 0. The Morgan fingerprint density at radius 1 is 0.964 bits per heavy atom. The van der Waals surface area contributed by atoms with Gasteiger partial charge in [-0.05, 0) is 43.7 Å². The monoisotopic (exact) mass is 376 g/mol. The predicted octanol–water partition coefficient (Wildman–Crippen LogP) is 4.44. The maximum absolute atomic E-state index is 13.1. The van der Waals surface area contributed by atoms with E-state index >= 15 is 0 Å². The fourth-order valence-electron chi connectivity index (χ4n) is 3.17. The van der Waals surface area contributed by atoms with Gasteiger partial charge in [0.2, 0.25) is 0 Å². The Bertz CT molecular complexity index is 895. The van der Waals surface area contributed by atoms with Crippen molar-refractivity contribution in [2.75, 3.05) is 20.3 Å². The lowest BCUT2D eigenvalue weighted by Crippen LogP contribution is -2.34. The molecular formula is C24H28N2O2. The minimum atomic E-state index is 0.0279. The van der Waals surface area contributed by atoms with Gasteiger partial charge in [0.05, 0.1) is 13.2 Å². The maximum Gasteiger partial charge on any atom is 0.254 e. The van der Waals surface area contributed by atoms with Crippen LogP contribution in [0.3, 0.4) is 0 Å². The molecule has 0 aliphatic rings. The van der Waals surface area contributed by atoms with E-state index in [9.17, 15) is 4.79 Å². The third-order valence-electron chi connectivity index (χ3n) is 4.90. The van der Waals surface area contributed by atoms with Crippen molar-refractivity contribution in [3.8, 4) is 0 Å². The zero-order valence-corrected chi connectivity index (χ0v) is 16.9. The van der Waals surface area contributed by atoms with E-state index in [1.807, 2.05) is 42.2 Å². The van der Waals surface area contributed by atoms with E-state index < -0.39 is 0 Å². The van der Waals surface area contributed by atoms with Gasteiger partial charge in [0.25, 0.3) is 5.91 Å². The first-order valence-corrected chi connectivity index (χ1v) is 9.61. The van der Waals surface area contributed by atoms with E-state index in [2.05, 4.69) is 48.0 Å². The highest BCUT2D eigenvalue weighted by Gasteiger charge is 2.17. The van der Waals surface area contributed by atoms with Crippen LogP contribution in [0.1, 0.15) is 32.7 Å². The summed E-state index contributed by atoms with van der Waals surface area (Å²) in [6.07, 6.45) is 2.07. The number of rotatable bonds is 8. The van der Waals surface area contributed by atoms with Crippen molar-refractivity contribution in [2.24, 2.45) is 0 Å². The molecule has 0 bridgehead atoms. The second-order valence-electron chi connectivity index (χ2n) is 7.20. The lowest BCUT2D eigenvalue weighted by atomic mass is 10.1. The van der Waals surface area contributed by atoms with E-state index in [1.165, 1.54) is 11.1 Å². The zero-order chi connectivity index (χ0) is 19.9. The van der Waals surface area contributed by atoms with Gasteiger partial charge >= 0.3 is 0 Å². The number of nitrogens with zero attached hydrogens (tertiary/aromatic N) is 2. The fraction of sp³-hybridized carbons (Fsp3) is 0.292. The number of carbonyl (C=O) groups is 1. The Hall–Kier alpha value is -2.85. The van der Waals surface area contributed by atoms with E-state index in [-0.39, 0.29) is 5.91 Å². The molecule has 0 fully saturated rings. The van der Waals surface area contributed by atoms with E-state index in [0.29, 0.717) is 25.3 Å². The molecule has 2 aromatic carbocycles. The molecule has 1 amide bonds. The number of hydrogen-bond donors (Lipinski definition) is 0. The first kappa shape index (κ1) is 19.9. The SMILES string of the molecule is COCCN(Cc1cccn1Cc1ccc(C)cc1)C(=O)c1ccc(C)cc1. The molecule has 28 heavy (non-hydrogen) atoms. The summed E-state index contributed by atoms with van der Waals surface area (Å²) in [5.74, 6) is 0.0279. The number of hydrogen-bond acceptors (Lipinski definition) is 2. The highest BCUT2D eigenvalue weighted by Crippen LogP contribution is 2.14. The van der Waals surface area contributed by atoms with Gasteiger partial charge in [0.1, 0.15) is 0 Å². The smallest absolute Gasteiger partial charge is 0.254 e. The highest BCUT2D eigenvalue weighted by atomic mass is 16.5. The van der Waals surface area contributed by atoms with Crippen LogP contribution < -0.4 is 0 Å². The molecule has 0 radical (unpaired) electrons.